The Balaban J connectivity index is 1.85. The number of carbonyl (C=O) groups excluding carboxylic acids is 1. The average Bonchev–Trinajstić information content (AvgIpc) is 2.90. The average molecular weight is 267 g/mol. The minimum absolute atomic E-state index is 0.00935. The van der Waals surface area contributed by atoms with Crippen molar-refractivity contribution in [3.63, 3.8) is 0 Å². The largest absolute Gasteiger partial charge is 0.294 e. The number of ketones is 1. The Hall–Kier alpha value is -2.49. The van der Waals surface area contributed by atoms with Crippen molar-refractivity contribution in [2.75, 3.05) is 0 Å². The van der Waals surface area contributed by atoms with Crippen molar-refractivity contribution in [1.82, 2.24) is 0 Å². The molecule has 3 rings (SSSR count). The van der Waals surface area contributed by atoms with E-state index in [1.165, 1.54) is 23.3 Å². The Kier molecular flexibility index (Phi) is 3.06. The van der Waals surface area contributed by atoms with E-state index in [2.05, 4.69) is 0 Å². The van der Waals surface area contributed by atoms with Gasteiger partial charge in [-0.1, -0.05) is 36.4 Å². The van der Waals surface area contributed by atoms with E-state index in [4.69, 9.17) is 0 Å². The molecule has 0 fully saturated rings. The van der Waals surface area contributed by atoms with E-state index in [9.17, 15) is 14.9 Å². The van der Waals surface area contributed by atoms with Crippen LogP contribution in [0.25, 0.3) is 0 Å². The third kappa shape index (κ3) is 2.20. The van der Waals surface area contributed by atoms with Gasteiger partial charge in [0.2, 0.25) is 0 Å². The first-order chi connectivity index (χ1) is 9.65. The molecule has 100 valence electrons. The van der Waals surface area contributed by atoms with Crippen LogP contribution >= 0.6 is 0 Å². The van der Waals surface area contributed by atoms with Crippen LogP contribution in [-0.4, -0.2) is 10.7 Å². The van der Waals surface area contributed by atoms with Gasteiger partial charge in [-0.15, -0.1) is 0 Å². The van der Waals surface area contributed by atoms with Crippen LogP contribution in [0.15, 0.2) is 48.5 Å². The van der Waals surface area contributed by atoms with Gasteiger partial charge in [0.1, 0.15) is 0 Å². The summed E-state index contributed by atoms with van der Waals surface area (Å²) in [6, 6.07) is 14.0. The van der Waals surface area contributed by atoms with Crippen molar-refractivity contribution in [3.8, 4) is 0 Å². The summed E-state index contributed by atoms with van der Waals surface area (Å²) < 4.78 is 0. The molecule has 0 radical (unpaired) electrons. The molecular formula is C16H13NO3. The quantitative estimate of drug-likeness (QED) is 0.487. The predicted molar refractivity (Wildman–Crippen MR) is 74.8 cm³/mol. The highest BCUT2D eigenvalue weighted by Crippen LogP contribution is 2.29. The number of carbonyl (C=O) groups is 1. The van der Waals surface area contributed by atoms with Crippen LogP contribution < -0.4 is 0 Å². The lowest BCUT2D eigenvalue weighted by Crippen LogP contribution is -2.15. The smallest absolute Gasteiger partial charge is 0.270 e. The molecule has 0 heterocycles. The maximum Gasteiger partial charge on any atom is 0.270 e. The zero-order chi connectivity index (χ0) is 14.1. The van der Waals surface area contributed by atoms with Crippen molar-refractivity contribution in [3.05, 3.63) is 75.3 Å². The van der Waals surface area contributed by atoms with Crippen LogP contribution in [0.2, 0.25) is 0 Å². The first-order valence-electron chi connectivity index (χ1n) is 6.50. The fraction of sp³-hybridized carbons (Fsp3) is 0.188. The second-order valence-corrected chi connectivity index (χ2v) is 5.05. The van der Waals surface area contributed by atoms with E-state index in [0.29, 0.717) is 5.56 Å². The molecule has 0 aliphatic heterocycles. The normalized spacial score (nSPS) is 14.0. The van der Waals surface area contributed by atoms with Gasteiger partial charge in [-0.2, -0.15) is 0 Å². The number of fused-ring (bicyclic) bond motifs is 1. The monoisotopic (exact) mass is 267 g/mol. The van der Waals surface area contributed by atoms with E-state index >= 15 is 0 Å². The zero-order valence-corrected chi connectivity index (χ0v) is 10.8. The second-order valence-electron chi connectivity index (χ2n) is 5.05. The molecule has 0 unspecified atom stereocenters. The molecular weight excluding hydrogens is 254 g/mol. The number of nitro groups is 1. The highest BCUT2D eigenvalue weighted by molar-refractivity contribution is 5.99. The molecule has 0 bridgehead atoms. The van der Waals surface area contributed by atoms with Gasteiger partial charge in [0.05, 0.1) is 4.92 Å². The van der Waals surface area contributed by atoms with Crippen LogP contribution in [0.3, 0.4) is 0 Å². The lowest BCUT2D eigenvalue weighted by atomic mass is 9.95. The Morgan fingerprint density at radius 3 is 2.30 bits per heavy atom. The van der Waals surface area contributed by atoms with Gasteiger partial charge in [-0.05, 0) is 24.0 Å². The molecule has 0 aromatic heterocycles. The summed E-state index contributed by atoms with van der Waals surface area (Å²) >= 11 is 0. The molecule has 4 nitrogen and oxygen atoms in total. The van der Waals surface area contributed by atoms with E-state index in [-0.39, 0.29) is 17.4 Å². The molecule has 2 aromatic carbocycles. The van der Waals surface area contributed by atoms with Crippen LogP contribution in [0.4, 0.5) is 5.69 Å². The Morgan fingerprint density at radius 1 is 1.05 bits per heavy atom. The van der Waals surface area contributed by atoms with E-state index in [0.717, 1.165) is 12.8 Å². The summed E-state index contributed by atoms with van der Waals surface area (Å²) in [4.78, 5) is 22.8. The topological polar surface area (TPSA) is 60.2 Å². The van der Waals surface area contributed by atoms with Gasteiger partial charge in [0.25, 0.3) is 5.69 Å². The Labute approximate surface area is 116 Å². The van der Waals surface area contributed by atoms with Crippen molar-refractivity contribution < 1.29 is 9.72 Å². The Bertz CT molecular complexity index is 669. The van der Waals surface area contributed by atoms with E-state index in [1.54, 1.807) is 12.1 Å². The van der Waals surface area contributed by atoms with Gasteiger partial charge >= 0.3 is 0 Å². The molecule has 0 spiro atoms. The number of non-ortho nitro benzene ring substituents is 1. The van der Waals surface area contributed by atoms with Gasteiger partial charge in [-0.25, -0.2) is 0 Å². The molecule has 0 saturated heterocycles. The number of nitrogens with zero attached hydrogens (tertiary/aromatic N) is 1. The summed E-state index contributed by atoms with van der Waals surface area (Å²) in [7, 11) is 0. The highest BCUT2D eigenvalue weighted by Gasteiger charge is 2.28. The van der Waals surface area contributed by atoms with E-state index in [1.807, 2.05) is 24.3 Å². The summed E-state index contributed by atoms with van der Waals surface area (Å²) in [5.41, 5.74) is 2.80. The molecule has 2 aromatic rings. The minimum Gasteiger partial charge on any atom is -0.294 e. The number of nitro benzene ring substituents is 1. The van der Waals surface area contributed by atoms with Gasteiger partial charge in [0, 0.05) is 23.6 Å². The lowest BCUT2D eigenvalue weighted by Gasteiger charge is -2.07. The molecule has 0 saturated carbocycles. The molecule has 0 atom stereocenters. The summed E-state index contributed by atoms with van der Waals surface area (Å²) in [5, 5.41) is 10.8. The standard InChI is InChI=1S/C16H13NO3/c18-16(13-6-3-7-15(10-13)17(19)20)14-8-11-4-1-2-5-12(11)9-14/h1-7,10,14H,8-9H2. The fourth-order valence-electron chi connectivity index (χ4n) is 2.75. The Morgan fingerprint density at radius 2 is 1.70 bits per heavy atom. The van der Waals surface area contributed by atoms with Crippen LogP contribution in [-0.2, 0) is 12.8 Å². The lowest BCUT2D eigenvalue weighted by molar-refractivity contribution is -0.384. The second kappa shape index (κ2) is 4.89. The molecule has 1 aliphatic rings. The third-order valence-corrected chi connectivity index (χ3v) is 3.76. The maximum absolute atomic E-state index is 12.5. The summed E-state index contributed by atoms with van der Waals surface area (Å²) in [6.07, 6.45) is 1.44. The van der Waals surface area contributed by atoms with E-state index < -0.39 is 4.92 Å². The van der Waals surface area contributed by atoms with Crippen LogP contribution in [0.1, 0.15) is 21.5 Å². The summed E-state index contributed by atoms with van der Waals surface area (Å²) in [5.74, 6) is -0.112. The first-order valence-corrected chi connectivity index (χ1v) is 6.50. The number of hydrogen-bond acceptors (Lipinski definition) is 3. The van der Waals surface area contributed by atoms with Crippen LogP contribution in [0, 0.1) is 16.0 Å². The van der Waals surface area contributed by atoms with Gasteiger partial charge in [-0.3, -0.25) is 14.9 Å². The molecule has 0 amide bonds. The van der Waals surface area contributed by atoms with Gasteiger partial charge in [0.15, 0.2) is 5.78 Å². The SMILES string of the molecule is O=C(c1cccc([N+](=O)[O-])c1)C1Cc2ccccc2C1. The summed E-state index contributed by atoms with van der Waals surface area (Å²) in [6.45, 7) is 0. The van der Waals surface area contributed by atoms with Crippen molar-refractivity contribution in [2.45, 2.75) is 12.8 Å². The minimum atomic E-state index is -0.472. The molecule has 20 heavy (non-hydrogen) atoms. The fourth-order valence-corrected chi connectivity index (χ4v) is 2.75. The predicted octanol–water partition coefficient (Wildman–Crippen LogP) is 3.19. The zero-order valence-electron chi connectivity index (χ0n) is 10.8. The van der Waals surface area contributed by atoms with Crippen molar-refractivity contribution >= 4 is 11.5 Å². The molecule has 0 N–H and O–H groups in total. The third-order valence-electron chi connectivity index (χ3n) is 3.76. The molecule has 4 heteroatoms. The number of rotatable bonds is 3. The van der Waals surface area contributed by atoms with Crippen molar-refractivity contribution in [1.29, 1.82) is 0 Å². The molecule has 1 aliphatic carbocycles. The maximum atomic E-state index is 12.5. The van der Waals surface area contributed by atoms with Crippen molar-refractivity contribution in [2.24, 2.45) is 5.92 Å². The highest BCUT2D eigenvalue weighted by atomic mass is 16.6. The first kappa shape index (κ1) is 12.5. The van der Waals surface area contributed by atoms with Gasteiger partial charge < -0.3 is 0 Å². The van der Waals surface area contributed by atoms with Crippen LogP contribution in [0.5, 0.6) is 0 Å². The number of hydrogen-bond donors (Lipinski definition) is 0. The number of benzene rings is 2. The number of Topliss-reactive ketones (excluding diaryl/α,β-unsaturated/α-hetero) is 1.